The number of aryl methyl sites for hydroxylation is 1. The minimum atomic E-state index is -0.137. The van der Waals surface area contributed by atoms with Crippen LogP contribution in [-0.4, -0.2) is 33.3 Å². The van der Waals surface area contributed by atoms with Crippen LogP contribution in [0.25, 0.3) is 0 Å². The lowest BCUT2D eigenvalue weighted by atomic mass is 10.1. The van der Waals surface area contributed by atoms with Gasteiger partial charge >= 0.3 is 0 Å². The van der Waals surface area contributed by atoms with Crippen molar-refractivity contribution in [3.63, 3.8) is 0 Å². The molecule has 158 valence electrons. The molecule has 0 aliphatic rings. The lowest BCUT2D eigenvalue weighted by molar-refractivity contribution is -0.121. The minimum absolute atomic E-state index is 0.0147. The van der Waals surface area contributed by atoms with Crippen LogP contribution in [0.3, 0.4) is 0 Å². The second-order valence-electron chi connectivity index (χ2n) is 6.55. The van der Waals surface area contributed by atoms with E-state index >= 15 is 0 Å². The summed E-state index contributed by atoms with van der Waals surface area (Å²) in [4.78, 5) is 12.4. The zero-order chi connectivity index (χ0) is 21.2. The summed E-state index contributed by atoms with van der Waals surface area (Å²) in [6.07, 6.45) is 1.01. The molecule has 2 aromatic rings. The SMILES string of the molecule is CCOc1ccc(CCC(=O)N[C@H](C)c2ccc(OC)c(OC)c2)cc1OCC. The highest BCUT2D eigenvalue weighted by molar-refractivity contribution is 5.76. The third-order valence-corrected chi connectivity index (χ3v) is 4.53. The number of amides is 1. The largest absolute Gasteiger partial charge is 0.493 e. The van der Waals surface area contributed by atoms with Gasteiger partial charge in [0.25, 0.3) is 0 Å². The molecule has 0 heterocycles. The first-order chi connectivity index (χ1) is 14.0. The summed E-state index contributed by atoms with van der Waals surface area (Å²) in [6, 6.07) is 11.3. The van der Waals surface area contributed by atoms with Gasteiger partial charge in [0.05, 0.1) is 33.5 Å². The summed E-state index contributed by atoms with van der Waals surface area (Å²) in [6.45, 7) is 6.96. The molecular weight excluding hydrogens is 370 g/mol. The molecule has 0 radical (unpaired) electrons. The van der Waals surface area contributed by atoms with E-state index in [4.69, 9.17) is 18.9 Å². The van der Waals surface area contributed by atoms with Crippen LogP contribution in [0.5, 0.6) is 23.0 Å². The topological polar surface area (TPSA) is 66.0 Å². The predicted octanol–water partition coefficient (Wildman–Crippen LogP) is 4.31. The standard InChI is InChI=1S/C23H31NO5/c1-6-28-20-11-8-17(14-22(20)29-7-2)9-13-23(25)24-16(3)18-10-12-19(26-4)21(15-18)27-5/h8,10-12,14-16H,6-7,9,13H2,1-5H3,(H,24,25)/t16-/m1/s1. The number of nitrogens with one attached hydrogen (secondary N) is 1. The van der Waals surface area contributed by atoms with Crippen LogP contribution < -0.4 is 24.3 Å². The van der Waals surface area contributed by atoms with Crippen LogP contribution in [0, 0.1) is 0 Å². The predicted molar refractivity (Wildman–Crippen MR) is 113 cm³/mol. The van der Waals surface area contributed by atoms with Crippen molar-refractivity contribution in [1.29, 1.82) is 0 Å². The Kier molecular flexibility index (Phi) is 8.65. The molecule has 6 nitrogen and oxygen atoms in total. The Balaban J connectivity index is 1.96. The first-order valence-electron chi connectivity index (χ1n) is 9.92. The summed E-state index contributed by atoms with van der Waals surface area (Å²) in [5.74, 6) is 2.73. The number of benzene rings is 2. The van der Waals surface area contributed by atoms with Crippen LogP contribution in [0.2, 0.25) is 0 Å². The Morgan fingerprint density at radius 3 is 2.21 bits per heavy atom. The van der Waals surface area contributed by atoms with E-state index in [1.807, 2.05) is 57.2 Å². The lowest BCUT2D eigenvalue weighted by Crippen LogP contribution is -2.26. The highest BCUT2D eigenvalue weighted by Crippen LogP contribution is 2.30. The maximum Gasteiger partial charge on any atom is 0.220 e. The molecule has 2 aromatic carbocycles. The van der Waals surface area contributed by atoms with Gasteiger partial charge in [0, 0.05) is 6.42 Å². The smallest absolute Gasteiger partial charge is 0.220 e. The number of carbonyl (C=O) groups excluding carboxylic acids is 1. The average Bonchev–Trinajstić information content (AvgIpc) is 2.73. The molecule has 0 fully saturated rings. The number of methoxy groups -OCH3 is 2. The van der Waals surface area contributed by atoms with Crippen molar-refractivity contribution in [3.8, 4) is 23.0 Å². The maximum absolute atomic E-state index is 12.4. The van der Waals surface area contributed by atoms with Crippen molar-refractivity contribution in [2.75, 3.05) is 27.4 Å². The molecule has 0 aliphatic heterocycles. The molecule has 0 aromatic heterocycles. The first-order valence-corrected chi connectivity index (χ1v) is 9.92. The van der Waals surface area contributed by atoms with Crippen molar-refractivity contribution in [2.45, 2.75) is 39.7 Å². The van der Waals surface area contributed by atoms with E-state index in [0.717, 1.165) is 16.9 Å². The number of carbonyl (C=O) groups is 1. The van der Waals surface area contributed by atoms with E-state index in [-0.39, 0.29) is 11.9 Å². The molecule has 0 saturated carbocycles. The van der Waals surface area contributed by atoms with Crippen LogP contribution in [0.15, 0.2) is 36.4 Å². The molecule has 1 atom stereocenters. The molecule has 2 rings (SSSR count). The van der Waals surface area contributed by atoms with Gasteiger partial charge in [0.2, 0.25) is 5.91 Å². The Morgan fingerprint density at radius 2 is 1.55 bits per heavy atom. The van der Waals surface area contributed by atoms with Crippen LogP contribution in [0.4, 0.5) is 0 Å². The Bertz CT molecular complexity index is 806. The van der Waals surface area contributed by atoms with Crippen molar-refractivity contribution >= 4 is 5.91 Å². The molecule has 6 heteroatoms. The van der Waals surface area contributed by atoms with Gasteiger partial charge in [0.1, 0.15) is 0 Å². The van der Waals surface area contributed by atoms with Gasteiger partial charge in [-0.15, -0.1) is 0 Å². The van der Waals surface area contributed by atoms with E-state index < -0.39 is 0 Å². The fourth-order valence-corrected chi connectivity index (χ4v) is 3.03. The van der Waals surface area contributed by atoms with Gasteiger partial charge in [0.15, 0.2) is 23.0 Å². The Morgan fingerprint density at radius 1 is 0.897 bits per heavy atom. The van der Waals surface area contributed by atoms with Crippen molar-refractivity contribution < 1.29 is 23.7 Å². The van der Waals surface area contributed by atoms with Crippen molar-refractivity contribution in [2.24, 2.45) is 0 Å². The molecule has 0 aliphatic carbocycles. The van der Waals surface area contributed by atoms with E-state index in [9.17, 15) is 4.79 Å². The summed E-state index contributed by atoms with van der Waals surface area (Å²) in [5.41, 5.74) is 1.99. The van der Waals surface area contributed by atoms with Crippen LogP contribution in [0.1, 0.15) is 44.4 Å². The van der Waals surface area contributed by atoms with E-state index in [2.05, 4.69) is 5.32 Å². The zero-order valence-electron chi connectivity index (χ0n) is 17.9. The number of hydrogen-bond donors (Lipinski definition) is 1. The summed E-state index contributed by atoms with van der Waals surface area (Å²) in [7, 11) is 3.19. The molecule has 0 bridgehead atoms. The van der Waals surface area contributed by atoms with Crippen LogP contribution in [-0.2, 0) is 11.2 Å². The third kappa shape index (κ3) is 6.31. The fourth-order valence-electron chi connectivity index (χ4n) is 3.03. The lowest BCUT2D eigenvalue weighted by Gasteiger charge is -2.17. The molecule has 29 heavy (non-hydrogen) atoms. The number of ether oxygens (including phenoxy) is 4. The van der Waals surface area contributed by atoms with Crippen LogP contribution >= 0.6 is 0 Å². The highest BCUT2D eigenvalue weighted by atomic mass is 16.5. The monoisotopic (exact) mass is 401 g/mol. The molecule has 0 unspecified atom stereocenters. The van der Waals surface area contributed by atoms with Gasteiger partial charge < -0.3 is 24.3 Å². The van der Waals surface area contributed by atoms with E-state index in [0.29, 0.717) is 43.3 Å². The summed E-state index contributed by atoms with van der Waals surface area (Å²) < 4.78 is 21.8. The molecular formula is C23H31NO5. The van der Waals surface area contributed by atoms with Gasteiger partial charge in [-0.1, -0.05) is 12.1 Å². The summed E-state index contributed by atoms with van der Waals surface area (Å²) in [5, 5.41) is 3.04. The second kappa shape index (κ2) is 11.2. The molecule has 0 saturated heterocycles. The quantitative estimate of drug-likeness (QED) is 0.608. The van der Waals surface area contributed by atoms with Gasteiger partial charge in [-0.05, 0) is 62.6 Å². The van der Waals surface area contributed by atoms with Crippen molar-refractivity contribution in [3.05, 3.63) is 47.5 Å². The maximum atomic E-state index is 12.4. The number of hydrogen-bond acceptors (Lipinski definition) is 5. The van der Waals surface area contributed by atoms with E-state index in [1.165, 1.54) is 0 Å². The number of rotatable bonds is 11. The van der Waals surface area contributed by atoms with Crippen molar-refractivity contribution in [1.82, 2.24) is 5.32 Å². The highest BCUT2D eigenvalue weighted by Gasteiger charge is 2.13. The average molecular weight is 402 g/mol. The first kappa shape index (κ1) is 22.4. The Hall–Kier alpha value is -2.89. The van der Waals surface area contributed by atoms with E-state index in [1.54, 1.807) is 14.2 Å². The minimum Gasteiger partial charge on any atom is -0.493 e. The van der Waals surface area contributed by atoms with Gasteiger partial charge in [-0.3, -0.25) is 4.79 Å². The molecule has 0 spiro atoms. The summed E-state index contributed by atoms with van der Waals surface area (Å²) >= 11 is 0. The zero-order valence-corrected chi connectivity index (χ0v) is 17.9. The fraction of sp³-hybridized carbons (Fsp3) is 0.435. The van der Waals surface area contributed by atoms with Gasteiger partial charge in [-0.2, -0.15) is 0 Å². The van der Waals surface area contributed by atoms with Gasteiger partial charge in [-0.25, -0.2) is 0 Å². The molecule has 1 amide bonds. The Labute approximate surface area is 173 Å². The second-order valence-corrected chi connectivity index (χ2v) is 6.55. The normalized spacial score (nSPS) is 11.5. The third-order valence-electron chi connectivity index (χ3n) is 4.53. The molecule has 1 N–H and O–H groups in total.